The third-order valence-corrected chi connectivity index (χ3v) is 5.59. The first-order valence-electron chi connectivity index (χ1n) is 9.06. The van der Waals surface area contributed by atoms with Crippen molar-refractivity contribution in [2.75, 3.05) is 18.0 Å². The number of aromatic nitrogens is 2. The number of benzene rings is 1. The zero-order chi connectivity index (χ0) is 19.0. The highest BCUT2D eigenvalue weighted by Gasteiger charge is 2.35. The molecule has 1 aliphatic heterocycles. The van der Waals surface area contributed by atoms with Gasteiger partial charge in [-0.05, 0) is 37.8 Å². The van der Waals surface area contributed by atoms with Crippen molar-refractivity contribution >= 4 is 35.1 Å². The molecule has 2 aromatic rings. The Kier molecular flexibility index (Phi) is 5.19. The molecule has 1 saturated heterocycles. The maximum Gasteiger partial charge on any atom is 0.274 e. The molecule has 2 aliphatic rings. The fourth-order valence-electron chi connectivity index (χ4n) is 3.32. The average molecular weight is 409 g/mol. The van der Waals surface area contributed by atoms with Crippen LogP contribution < -0.4 is 4.90 Å². The molecule has 0 bridgehead atoms. The molecule has 5 nitrogen and oxygen atoms in total. The summed E-state index contributed by atoms with van der Waals surface area (Å²) in [4.78, 5) is 25.6. The summed E-state index contributed by atoms with van der Waals surface area (Å²) in [5, 5.41) is 0.508. The van der Waals surface area contributed by atoms with E-state index in [0.717, 1.165) is 38.8 Å². The smallest absolute Gasteiger partial charge is 0.274 e. The molecule has 0 radical (unpaired) electrons. The van der Waals surface area contributed by atoms with Gasteiger partial charge in [-0.25, -0.2) is 14.4 Å². The van der Waals surface area contributed by atoms with Gasteiger partial charge in [-0.2, -0.15) is 0 Å². The molecule has 8 heteroatoms. The van der Waals surface area contributed by atoms with Gasteiger partial charge in [0.2, 0.25) is 5.95 Å². The van der Waals surface area contributed by atoms with Crippen LogP contribution in [0, 0.1) is 5.82 Å². The van der Waals surface area contributed by atoms with Crippen LogP contribution in [-0.2, 0) is 6.54 Å². The summed E-state index contributed by atoms with van der Waals surface area (Å²) in [6, 6.07) is 4.57. The van der Waals surface area contributed by atoms with Gasteiger partial charge >= 0.3 is 0 Å². The van der Waals surface area contributed by atoms with Gasteiger partial charge in [0, 0.05) is 29.7 Å². The molecular formula is C19H19Cl2FN4O. The molecule has 1 aromatic carbocycles. The lowest BCUT2D eigenvalue weighted by atomic mass is 10.2. The molecular weight excluding hydrogens is 390 g/mol. The van der Waals surface area contributed by atoms with Crippen LogP contribution in [0.15, 0.2) is 24.4 Å². The lowest BCUT2D eigenvalue weighted by molar-refractivity contribution is 0.0722. The fraction of sp³-hybridized carbons (Fsp3) is 0.421. The van der Waals surface area contributed by atoms with E-state index in [1.165, 1.54) is 12.3 Å². The Labute approximate surface area is 167 Å². The molecule has 1 aliphatic carbocycles. The second kappa shape index (κ2) is 7.60. The van der Waals surface area contributed by atoms with Crippen molar-refractivity contribution < 1.29 is 9.18 Å². The zero-order valence-electron chi connectivity index (χ0n) is 14.7. The zero-order valence-corrected chi connectivity index (χ0v) is 16.2. The predicted octanol–water partition coefficient (Wildman–Crippen LogP) is 4.33. The summed E-state index contributed by atoms with van der Waals surface area (Å²) in [6.45, 7) is 1.83. The number of halogens is 3. The van der Waals surface area contributed by atoms with Gasteiger partial charge in [0.25, 0.3) is 5.91 Å². The lowest BCUT2D eigenvalue weighted by Gasteiger charge is -2.24. The molecule has 4 rings (SSSR count). The Morgan fingerprint density at radius 3 is 2.63 bits per heavy atom. The number of anilines is 1. The molecule has 1 saturated carbocycles. The van der Waals surface area contributed by atoms with E-state index in [9.17, 15) is 9.18 Å². The standard InChI is InChI=1S/C19H19Cl2FN4O/c20-14-4-3-5-16(22)13(14)11-26(12-6-7-12)18(27)17-15(21)10-23-19(24-17)25-8-1-2-9-25/h3-5,10,12H,1-2,6-9,11H2. The van der Waals surface area contributed by atoms with Crippen LogP contribution in [0.4, 0.5) is 10.3 Å². The van der Waals surface area contributed by atoms with Crippen molar-refractivity contribution in [3.05, 3.63) is 51.5 Å². The van der Waals surface area contributed by atoms with Crippen LogP contribution >= 0.6 is 23.2 Å². The fourth-order valence-corrected chi connectivity index (χ4v) is 3.71. The van der Waals surface area contributed by atoms with Crippen molar-refractivity contribution in [1.82, 2.24) is 14.9 Å². The number of hydrogen-bond acceptors (Lipinski definition) is 4. The minimum absolute atomic E-state index is 0.0504. The van der Waals surface area contributed by atoms with Crippen molar-refractivity contribution in [2.24, 2.45) is 0 Å². The van der Waals surface area contributed by atoms with Crippen LogP contribution in [0.2, 0.25) is 10.0 Å². The molecule has 1 amide bonds. The first-order valence-corrected chi connectivity index (χ1v) is 9.81. The first-order chi connectivity index (χ1) is 13.0. The van der Waals surface area contributed by atoms with E-state index in [4.69, 9.17) is 23.2 Å². The first kappa shape index (κ1) is 18.4. The minimum atomic E-state index is -0.424. The van der Waals surface area contributed by atoms with Crippen molar-refractivity contribution in [2.45, 2.75) is 38.3 Å². The highest BCUT2D eigenvalue weighted by molar-refractivity contribution is 6.33. The molecule has 2 heterocycles. The van der Waals surface area contributed by atoms with Crippen molar-refractivity contribution in [3.8, 4) is 0 Å². The van der Waals surface area contributed by atoms with Crippen LogP contribution in [0.25, 0.3) is 0 Å². The van der Waals surface area contributed by atoms with E-state index in [1.807, 2.05) is 4.90 Å². The van der Waals surface area contributed by atoms with Gasteiger partial charge in [-0.3, -0.25) is 4.79 Å². The Hall–Kier alpha value is -1.92. The Morgan fingerprint density at radius 1 is 1.22 bits per heavy atom. The highest BCUT2D eigenvalue weighted by atomic mass is 35.5. The molecule has 27 heavy (non-hydrogen) atoms. The number of carbonyl (C=O) groups is 1. The van der Waals surface area contributed by atoms with Gasteiger partial charge in [0.05, 0.1) is 17.8 Å². The van der Waals surface area contributed by atoms with E-state index >= 15 is 0 Å². The summed E-state index contributed by atoms with van der Waals surface area (Å²) < 4.78 is 14.2. The Bertz CT molecular complexity index is 849. The van der Waals surface area contributed by atoms with Gasteiger partial charge in [0.1, 0.15) is 5.82 Å². The van der Waals surface area contributed by atoms with Gasteiger partial charge in [-0.15, -0.1) is 0 Å². The molecule has 0 N–H and O–H groups in total. The number of hydrogen-bond donors (Lipinski definition) is 0. The summed E-state index contributed by atoms with van der Waals surface area (Å²) in [7, 11) is 0. The van der Waals surface area contributed by atoms with E-state index in [-0.39, 0.29) is 29.2 Å². The quantitative estimate of drug-likeness (QED) is 0.738. The van der Waals surface area contributed by atoms with Crippen LogP contribution in [-0.4, -0.2) is 39.9 Å². The highest BCUT2D eigenvalue weighted by Crippen LogP contribution is 2.33. The van der Waals surface area contributed by atoms with Crippen molar-refractivity contribution in [1.29, 1.82) is 0 Å². The number of nitrogens with zero attached hydrogens (tertiary/aromatic N) is 4. The summed E-state index contributed by atoms with van der Waals surface area (Å²) in [5.74, 6) is -0.225. The van der Waals surface area contributed by atoms with Crippen LogP contribution in [0.5, 0.6) is 0 Å². The summed E-state index contributed by atoms with van der Waals surface area (Å²) in [6.07, 6.45) is 5.38. The largest absolute Gasteiger partial charge is 0.341 e. The molecule has 0 unspecified atom stereocenters. The monoisotopic (exact) mass is 408 g/mol. The predicted molar refractivity (Wildman–Crippen MR) is 103 cm³/mol. The molecule has 1 aromatic heterocycles. The van der Waals surface area contributed by atoms with Crippen LogP contribution in [0.1, 0.15) is 41.7 Å². The third kappa shape index (κ3) is 3.87. The second-order valence-corrected chi connectivity index (χ2v) is 7.74. The molecule has 0 spiro atoms. The van der Waals surface area contributed by atoms with Gasteiger partial charge in [0.15, 0.2) is 5.69 Å². The SMILES string of the molecule is O=C(c1nc(N2CCCC2)ncc1Cl)N(Cc1c(F)cccc1Cl)C1CC1. The lowest BCUT2D eigenvalue weighted by Crippen LogP contribution is -2.34. The maximum absolute atomic E-state index is 14.2. The van der Waals surface area contributed by atoms with E-state index in [0.29, 0.717) is 16.5 Å². The molecule has 2 fully saturated rings. The maximum atomic E-state index is 14.2. The average Bonchev–Trinajstić information content (AvgIpc) is 3.34. The van der Waals surface area contributed by atoms with E-state index in [1.54, 1.807) is 17.0 Å². The number of amides is 1. The minimum Gasteiger partial charge on any atom is -0.341 e. The normalized spacial score (nSPS) is 16.6. The van der Waals surface area contributed by atoms with E-state index < -0.39 is 5.82 Å². The van der Waals surface area contributed by atoms with E-state index in [2.05, 4.69) is 9.97 Å². The molecule has 142 valence electrons. The topological polar surface area (TPSA) is 49.3 Å². The summed E-state index contributed by atoms with van der Waals surface area (Å²) in [5.41, 5.74) is 0.470. The number of rotatable bonds is 5. The Morgan fingerprint density at radius 2 is 1.96 bits per heavy atom. The van der Waals surface area contributed by atoms with Gasteiger partial charge in [-0.1, -0.05) is 29.3 Å². The molecule has 0 atom stereocenters. The van der Waals surface area contributed by atoms with Gasteiger partial charge < -0.3 is 9.80 Å². The Balaban J connectivity index is 1.64. The van der Waals surface area contributed by atoms with Crippen LogP contribution in [0.3, 0.4) is 0 Å². The van der Waals surface area contributed by atoms with Crippen molar-refractivity contribution in [3.63, 3.8) is 0 Å². The summed E-state index contributed by atoms with van der Waals surface area (Å²) >= 11 is 12.4. The second-order valence-electron chi connectivity index (χ2n) is 6.93. The number of carbonyl (C=O) groups excluding carboxylic acids is 1. The third-order valence-electron chi connectivity index (χ3n) is 4.96.